The molecular weight excluding hydrogens is 424 g/mol. The standard InChI is InChI=1S/C20H22N4O4S2/c1-4-16-5-9-18(10-6-16)29(25,26)23-17-7-11-19(12-8-17)30(27,28)24-20-13-14(2)21-15(3)22-20/h5-13,23H,4H2,1-3H3,(H,21,22,24). The molecule has 1 aromatic heterocycles. The SMILES string of the molecule is CCc1ccc(S(=O)(=O)Nc2ccc(S(=O)(=O)Nc3cc(C)nc(C)n3)cc2)cc1. The molecule has 0 aliphatic rings. The number of benzene rings is 2. The van der Waals surface area contributed by atoms with Gasteiger partial charge in [0.25, 0.3) is 20.0 Å². The Morgan fingerprint density at radius 1 is 0.767 bits per heavy atom. The van der Waals surface area contributed by atoms with E-state index in [4.69, 9.17) is 0 Å². The highest BCUT2D eigenvalue weighted by Gasteiger charge is 2.17. The van der Waals surface area contributed by atoms with Gasteiger partial charge in [-0.25, -0.2) is 26.8 Å². The molecule has 0 bridgehead atoms. The van der Waals surface area contributed by atoms with Gasteiger partial charge in [-0.2, -0.15) is 0 Å². The lowest BCUT2D eigenvalue weighted by molar-refractivity contribution is 0.600. The fourth-order valence-electron chi connectivity index (χ4n) is 2.79. The van der Waals surface area contributed by atoms with Crippen LogP contribution in [0.5, 0.6) is 0 Å². The van der Waals surface area contributed by atoms with E-state index in [1.54, 1.807) is 26.0 Å². The summed E-state index contributed by atoms with van der Waals surface area (Å²) in [5.41, 5.74) is 1.92. The molecule has 0 fully saturated rings. The summed E-state index contributed by atoms with van der Waals surface area (Å²) in [6.07, 6.45) is 0.811. The van der Waals surface area contributed by atoms with Crippen molar-refractivity contribution in [3.63, 3.8) is 0 Å². The minimum absolute atomic E-state index is 0.0216. The maximum absolute atomic E-state index is 12.6. The molecule has 0 spiro atoms. The van der Waals surface area contributed by atoms with Crippen molar-refractivity contribution < 1.29 is 16.8 Å². The van der Waals surface area contributed by atoms with Crippen molar-refractivity contribution in [1.29, 1.82) is 0 Å². The van der Waals surface area contributed by atoms with Gasteiger partial charge in [0, 0.05) is 17.4 Å². The predicted molar refractivity (Wildman–Crippen MR) is 115 cm³/mol. The van der Waals surface area contributed by atoms with Crippen LogP contribution in [0.15, 0.2) is 64.4 Å². The maximum Gasteiger partial charge on any atom is 0.263 e. The third kappa shape index (κ3) is 5.14. The molecule has 0 atom stereocenters. The quantitative estimate of drug-likeness (QED) is 0.575. The van der Waals surface area contributed by atoms with Crippen LogP contribution in [0.4, 0.5) is 11.5 Å². The van der Waals surface area contributed by atoms with Crippen molar-refractivity contribution in [3.8, 4) is 0 Å². The monoisotopic (exact) mass is 446 g/mol. The summed E-state index contributed by atoms with van der Waals surface area (Å²) in [5.74, 6) is 0.615. The molecule has 1 heterocycles. The molecule has 10 heteroatoms. The summed E-state index contributed by atoms with van der Waals surface area (Å²) in [7, 11) is -7.66. The fraction of sp³-hybridized carbons (Fsp3) is 0.200. The molecule has 30 heavy (non-hydrogen) atoms. The first kappa shape index (κ1) is 21.7. The van der Waals surface area contributed by atoms with Crippen molar-refractivity contribution in [2.45, 2.75) is 37.0 Å². The van der Waals surface area contributed by atoms with Crippen molar-refractivity contribution >= 4 is 31.6 Å². The Hall–Kier alpha value is -2.98. The van der Waals surface area contributed by atoms with Gasteiger partial charge in [-0.3, -0.25) is 9.44 Å². The second-order valence-electron chi connectivity index (χ2n) is 6.67. The van der Waals surface area contributed by atoms with Crippen LogP contribution in [0.1, 0.15) is 24.0 Å². The molecular formula is C20H22N4O4S2. The second kappa shape index (κ2) is 8.41. The first-order valence-electron chi connectivity index (χ1n) is 9.16. The first-order valence-corrected chi connectivity index (χ1v) is 12.1. The number of hydrogen-bond acceptors (Lipinski definition) is 6. The van der Waals surface area contributed by atoms with E-state index in [0.717, 1.165) is 12.0 Å². The molecule has 2 N–H and O–H groups in total. The summed E-state index contributed by atoms with van der Waals surface area (Å²) in [6, 6.07) is 13.5. The largest absolute Gasteiger partial charge is 0.280 e. The lowest BCUT2D eigenvalue weighted by Gasteiger charge is -2.11. The highest BCUT2D eigenvalue weighted by Crippen LogP contribution is 2.20. The van der Waals surface area contributed by atoms with Gasteiger partial charge in [-0.05, 0) is 62.2 Å². The number of sulfonamides is 2. The van der Waals surface area contributed by atoms with E-state index in [1.807, 2.05) is 6.92 Å². The molecule has 158 valence electrons. The van der Waals surface area contributed by atoms with Gasteiger partial charge in [0.15, 0.2) is 0 Å². The summed E-state index contributed by atoms with van der Waals surface area (Å²) >= 11 is 0. The number of nitrogens with one attached hydrogen (secondary N) is 2. The number of rotatable bonds is 7. The van der Waals surface area contributed by atoms with E-state index in [1.165, 1.54) is 42.5 Å². The average Bonchev–Trinajstić information content (AvgIpc) is 2.67. The Morgan fingerprint density at radius 3 is 1.83 bits per heavy atom. The van der Waals surface area contributed by atoms with E-state index < -0.39 is 20.0 Å². The zero-order valence-corrected chi connectivity index (χ0v) is 18.4. The van der Waals surface area contributed by atoms with Crippen LogP contribution in [0.3, 0.4) is 0 Å². The van der Waals surface area contributed by atoms with Gasteiger partial charge in [0.05, 0.1) is 9.79 Å². The summed E-state index contributed by atoms with van der Waals surface area (Å²) in [4.78, 5) is 8.28. The Morgan fingerprint density at radius 2 is 1.30 bits per heavy atom. The zero-order valence-electron chi connectivity index (χ0n) is 16.7. The van der Waals surface area contributed by atoms with Crippen LogP contribution in [0.25, 0.3) is 0 Å². The molecule has 0 unspecified atom stereocenters. The maximum atomic E-state index is 12.6. The van der Waals surface area contributed by atoms with Gasteiger partial charge < -0.3 is 0 Å². The first-order chi connectivity index (χ1) is 14.1. The average molecular weight is 447 g/mol. The highest BCUT2D eigenvalue weighted by molar-refractivity contribution is 7.93. The van der Waals surface area contributed by atoms with Gasteiger partial charge >= 0.3 is 0 Å². The Balaban J connectivity index is 1.78. The Labute approximate surface area is 176 Å². The number of anilines is 2. The van der Waals surface area contributed by atoms with Crippen LogP contribution in [-0.2, 0) is 26.5 Å². The smallest absolute Gasteiger partial charge is 0.263 e. The van der Waals surface area contributed by atoms with E-state index in [-0.39, 0.29) is 21.3 Å². The number of hydrogen-bond donors (Lipinski definition) is 2. The highest BCUT2D eigenvalue weighted by atomic mass is 32.2. The van der Waals surface area contributed by atoms with E-state index in [9.17, 15) is 16.8 Å². The lowest BCUT2D eigenvalue weighted by atomic mass is 10.2. The van der Waals surface area contributed by atoms with E-state index in [0.29, 0.717) is 11.5 Å². The third-order valence-electron chi connectivity index (χ3n) is 4.26. The summed E-state index contributed by atoms with van der Waals surface area (Å²) < 4.78 is 55.1. The topological polar surface area (TPSA) is 118 Å². The predicted octanol–water partition coefficient (Wildman–Crippen LogP) is 3.26. The van der Waals surface area contributed by atoms with Crippen molar-refractivity contribution in [2.24, 2.45) is 0 Å². The molecule has 0 amide bonds. The van der Waals surface area contributed by atoms with Gasteiger partial charge in [0.2, 0.25) is 0 Å². The molecule has 0 aliphatic heterocycles. The van der Waals surface area contributed by atoms with Crippen LogP contribution < -0.4 is 9.44 Å². The van der Waals surface area contributed by atoms with Gasteiger partial charge in [-0.15, -0.1) is 0 Å². The van der Waals surface area contributed by atoms with Crippen LogP contribution in [-0.4, -0.2) is 26.8 Å². The Bertz CT molecular complexity index is 1230. The van der Waals surface area contributed by atoms with E-state index >= 15 is 0 Å². The zero-order chi connectivity index (χ0) is 21.9. The molecule has 2 aromatic carbocycles. The van der Waals surface area contributed by atoms with Crippen LogP contribution in [0, 0.1) is 13.8 Å². The number of aromatic nitrogens is 2. The number of aryl methyl sites for hydroxylation is 3. The molecule has 0 saturated heterocycles. The van der Waals surface area contributed by atoms with Crippen molar-refractivity contribution in [1.82, 2.24) is 9.97 Å². The summed E-state index contributed by atoms with van der Waals surface area (Å²) in [6.45, 7) is 5.39. The normalized spacial score (nSPS) is 11.8. The van der Waals surface area contributed by atoms with Crippen LogP contribution in [0.2, 0.25) is 0 Å². The molecule has 3 rings (SSSR count). The second-order valence-corrected chi connectivity index (χ2v) is 10.0. The Kier molecular flexibility index (Phi) is 6.09. The van der Waals surface area contributed by atoms with E-state index in [2.05, 4.69) is 19.4 Å². The van der Waals surface area contributed by atoms with Gasteiger partial charge in [-0.1, -0.05) is 19.1 Å². The molecule has 8 nitrogen and oxygen atoms in total. The van der Waals surface area contributed by atoms with Crippen molar-refractivity contribution in [3.05, 3.63) is 71.7 Å². The molecule has 0 aliphatic carbocycles. The summed E-state index contributed by atoms with van der Waals surface area (Å²) in [5, 5.41) is 0. The van der Waals surface area contributed by atoms with Gasteiger partial charge in [0.1, 0.15) is 11.6 Å². The third-order valence-corrected chi connectivity index (χ3v) is 7.03. The number of nitrogens with zero attached hydrogens (tertiary/aromatic N) is 2. The molecule has 3 aromatic rings. The van der Waals surface area contributed by atoms with Crippen molar-refractivity contribution in [2.75, 3.05) is 9.44 Å². The van der Waals surface area contributed by atoms with Crippen LogP contribution >= 0.6 is 0 Å². The fourth-order valence-corrected chi connectivity index (χ4v) is 4.84. The minimum Gasteiger partial charge on any atom is -0.280 e. The molecule has 0 radical (unpaired) electrons. The minimum atomic E-state index is -3.88. The lowest BCUT2D eigenvalue weighted by Crippen LogP contribution is -2.15. The molecule has 0 saturated carbocycles.